The zero-order chi connectivity index (χ0) is 15.8. The first kappa shape index (κ1) is 17.2. The summed E-state index contributed by atoms with van der Waals surface area (Å²) in [6.07, 6.45) is 2.59. The van der Waals surface area contributed by atoms with Gasteiger partial charge in [0.2, 0.25) is 0 Å². The molecule has 7 nitrogen and oxygen atoms in total. The lowest BCUT2D eigenvalue weighted by Gasteiger charge is -2.18. The van der Waals surface area contributed by atoms with Gasteiger partial charge in [-0.25, -0.2) is 0 Å². The lowest BCUT2D eigenvalue weighted by atomic mass is 9.98. The van der Waals surface area contributed by atoms with Crippen LogP contribution in [-0.4, -0.2) is 40.0 Å². The molecule has 0 spiro atoms. The van der Waals surface area contributed by atoms with E-state index in [2.05, 4.69) is 5.10 Å². The van der Waals surface area contributed by atoms with Crippen molar-refractivity contribution in [1.82, 2.24) is 9.78 Å². The highest BCUT2D eigenvalue weighted by molar-refractivity contribution is 5.95. The number of nitrogens with zero attached hydrogens (tertiary/aromatic N) is 2. The van der Waals surface area contributed by atoms with E-state index in [1.165, 1.54) is 6.20 Å². The summed E-state index contributed by atoms with van der Waals surface area (Å²) < 4.78 is 11.3. The molecule has 0 aliphatic heterocycles. The fourth-order valence-electron chi connectivity index (χ4n) is 1.89. The van der Waals surface area contributed by atoms with E-state index < -0.39 is 24.0 Å². The highest BCUT2D eigenvalue weighted by atomic mass is 16.6. The third kappa shape index (κ3) is 4.56. The van der Waals surface area contributed by atoms with Gasteiger partial charge in [0.15, 0.2) is 5.92 Å². The molecular formula is C14H22N2O5. The van der Waals surface area contributed by atoms with Crippen molar-refractivity contribution in [3.63, 3.8) is 0 Å². The van der Waals surface area contributed by atoms with Gasteiger partial charge in [-0.2, -0.15) is 5.10 Å². The SMILES string of the molecule is CCCn1cc(C(O)C(C(=O)OCC)C(=O)OCC)cn1. The van der Waals surface area contributed by atoms with Gasteiger partial charge in [-0.1, -0.05) is 6.92 Å². The molecule has 1 N–H and O–H groups in total. The Bertz CT molecular complexity index is 454. The van der Waals surface area contributed by atoms with Crippen LogP contribution in [0.3, 0.4) is 0 Å². The maximum absolute atomic E-state index is 11.9. The van der Waals surface area contributed by atoms with Crippen LogP contribution in [0.25, 0.3) is 0 Å². The molecule has 0 aliphatic rings. The molecule has 1 aromatic rings. The molecule has 0 aliphatic carbocycles. The quantitative estimate of drug-likeness (QED) is 0.570. The van der Waals surface area contributed by atoms with Crippen LogP contribution >= 0.6 is 0 Å². The first-order chi connectivity index (χ1) is 10.0. The van der Waals surface area contributed by atoms with Gasteiger partial charge in [-0.05, 0) is 20.3 Å². The second-order valence-corrected chi connectivity index (χ2v) is 4.46. The third-order valence-corrected chi connectivity index (χ3v) is 2.84. The lowest BCUT2D eigenvalue weighted by Crippen LogP contribution is -2.33. The summed E-state index contributed by atoms with van der Waals surface area (Å²) in [4.78, 5) is 23.8. The molecule has 21 heavy (non-hydrogen) atoms. The molecule has 7 heteroatoms. The van der Waals surface area contributed by atoms with Crippen molar-refractivity contribution in [2.45, 2.75) is 39.8 Å². The Morgan fingerprint density at radius 1 is 1.24 bits per heavy atom. The van der Waals surface area contributed by atoms with E-state index in [9.17, 15) is 14.7 Å². The molecule has 0 amide bonds. The number of aryl methyl sites for hydroxylation is 1. The number of carbonyl (C=O) groups is 2. The number of rotatable bonds is 8. The smallest absolute Gasteiger partial charge is 0.323 e. The van der Waals surface area contributed by atoms with Gasteiger partial charge in [0, 0.05) is 18.3 Å². The van der Waals surface area contributed by atoms with Crippen LogP contribution in [0.5, 0.6) is 0 Å². The van der Waals surface area contributed by atoms with Crippen molar-refractivity contribution in [3.8, 4) is 0 Å². The van der Waals surface area contributed by atoms with Gasteiger partial charge < -0.3 is 14.6 Å². The Kier molecular flexibility index (Phi) is 6.87. The Labute approximate surface area is 123 Å². The topological polar surface area (TPSA) is 90.7 Å². The number of esters is 2. The van der Waals surface area contributed by atoms with E-state index in [1.807, 2.05) is 6.92 Å². The van der Waals surface area contributed by atoms with Gasteiger partial charge in [0.1, 0.15) is 6.10 Å². The molecule has 1 heterocycles. The van der Waals surface area contributed by atoms with Crippen molar-refractivity contribution in [2.24, 2.45) is 5.92 Å². The largest absolute Gasteiger partial charge is 0.465 e. The van der Waals surface area contributed by atoms with Gasteiger partial charge in [0.05, 0.1) is 19.4 Å². The van der Waals surface area contributed by atoms with Gasteiger partial charge in [0.25, 0.3) is 0 Å². The maximum atomic E-state index is 11.9. The summed E-state index contributed by atoms with van der Waals surface area (Å²) in [5.41, 5.74) is 0.384. The number of aromatic nitrogens is 2. The fraction of sp³-hybridized carbons (Fsp3) is 0.643. The van der Waals surface area contributed by atoms with Crippen LogP contribution in [0, 0.1) is 5.92 Å². The second kappa shape index (κ2) is 8.41. The molecule has 1 unspecified atom stereocenters. The molecule has 1 atom stereocenters. The average Bonchev–Trinajstić information content (AvgIpc) is 2.88. The Hall–Kier alpha value is -1.89. The maximum Gasteiger partial charge on any atom is 0.323 e. The molecule has 0 saturated heterocycles. The minimum Gasteiger partial charge on any atom is -0.465 e. The van der Waals surface area contributed by atoms with Gasteiger partial charge in [-0.3, -0.25) is 14.3 Å². The Morgan fingerprint density at radius 3 is 2.29 bits per heavy atom. The molecule has 0 bridgehead atoms. The van der Waals surface area contributed by atoms with Crippen LogP contribution in [0.2, 0.25) is 0 Å². The van der Waals surface area contributed by atoms with Crippen LogP contribution < -0.4 is 0 Å². The number of ether oxygens (including phenoxy) is 2. The van der Waals surface area contributed by atoms with Crippen LogP contribution in [0.4, 0.5) is 0 Å². The third-order valence-electron chi connectivity index (χ3n) is 2.84. The predicted molar refractivity (Wildman–Crippen MR) is 74.2 cm³/mol. The molecule has 118 valence electrons. The minimum absolute atomic E-state index is 0.122. The van der Waals surface area contributed by atoms with Gasteiger partial charge >= 0.3 is 11.9 Å². The molecule has 1 aromatic heterocycles. The number of hydrogen-bond donors (Lipinski definition) is 1. The van der Waals surface area contributed by atoms with Crippen molar-refractivity contribution < 1.29 is 24.2 Å². The summed E-state index contributed by atoms with van der Waals surface area (Å²) in [6, 6.07) is 0. The predicted octanol–water partition coefficient (Wildman–Crippen LogP) is 1.07. The van der Waals surface area contributed by atoms with Crippen LogP contribution in [0.1, 0.15) is 38.9 Å². The number of carbonyl (C=O) groups excluding carboxylic acids is 2. The molecule has 0 aromatic carbocycles. The van der Waals surface area contributed by atoms with E-state index in [-0.39, 0.29) is 13.2 Å². The van der Waals surface area contributed by atoms with E-state index >= 15 is 0 Å². The summed E-state index contributed by atoms with van der Waals surface area (Å²) in [7, 11) is 0. The standard InChI is InChI=1S/C14H22N2O5/c1-4-7-16-9-10(8-15-16)12(17)11(13(18)20-5-2)14(19)21-6-3/h8-9,11-12,17H,4-7H2,1-3H3. The first-order valence-corrected chi connectivity index (χ1v) is 7.08. The van der Waals surface area contributed by atoms with Crippen molar-refractivity contribution in [3.05, 3.63) is 18.0 Å². The second-order valence-electron chi connectivity index (χ2n) is 4.46. The highest BCUT2D eigenvalue weighted by Crippen LogP contribution is 2.24. The van der Waals surface area contributed by atoms with Crippen LogP contribution in [0.15, 0.2) is 12.4 Å². The van der Waals surface area contributed by atoms with Crippen LogP contribution in [-0.2, 0) is 25.6 Å². The average molecular weight is 298 g/mol. The molecule has 0 radical (unpaired) electrons. The van der Waals surface area contributed by atoms with E-state index in [0.29, 0.717) is 12.1 Å². The minimum atomic E-state index is -1.40. The van der Waals surface area contributed by atoms with E-state index in [1.54, 1.807) is 24.7 Å². The number of aliphatic hydroxyl groups is 1. The highest BCUT2D eigenvalue weighted by Gasteiger charge is 2.38. The molecule has 0 fully saturated rings. The first-order valence-electron chi connectivity index (χ1n) is 7.08. The zero-order valence-corrected chi connectivity index (χ0v) is 12.6. The van der Waals surface area contributed by atoms with Crippen molar-refractivity contribution in [1.29, 1.82) is 0 Å². The van der Waals surface area contributed by atoms with E-state index in [4.69, 9.17) is 9.47 Å². The Balaban J connectivity index is 2.94. The Morgan fingerprint density at radius 2 is 1.81 bits per heavy atom. The summed E-state index contributed by atoms with van der Waals surface area (Å²) in [6.45, 7) is 6.19. The fourth-order valence-corrected chi connectivity index (χ4v) is 1.89. The zero-order valence-electron chi connectivity index (χ0n) is 12.6. The van der Waals surface area contributed by atoms with Crippen molar-refractivity contribution in [2.75, 3.05) is 13.2 Å². The summed E-state index contributed by atoms with van der Waals surface area (Å²) in [5.74, 6) is -3.00. The van der Waals surface area contributed by atoms with Gasteiger partial charge in [-0.15, -0.1) is 0 Å². The summed E-state index contributed by atoms with van der Waals surface area (Å²) >= 11 is 0. The molecule has 0 saturated carbocycles. The lowest BCUT2D eigenvalue weighted by molar-refractivity contribution is -0.167. The van der Waals surface area contributed by atoms with E-state index in [0.717, 1.165) is 6.42 Å². The number of aliphatic hydroxyl groups excluding tert-OH is 1. The summed E-state index contributed by atoms with van der Waals surface area (Å²) in [5, 5.41) is 14.4. The number of hydrogen-bond acceptors (Lipinski definition) is 6. The monoisotopic (exact) mass is 298 g/mol. The normalized spacial score (nSPS) is 12.2. The molecule has 1 rings (SSSR count). The van der Waals surface area contributed by atoms with Crippen molar-refractivity contribution >= 4 is 11.9 Å². The molecular weight excluding hydrogens is 276 g/mol.